The van der Waals surface area contributed by atoms with Gasteiger partial charge in [0, 0.05) is 11.1 Å². The number of halogens is 4. The van der Waals surface area contributed by atoms with Crippen molar-refractivity contribution in [3.63, 3.8) is 0 Å². The Labute approximate surface area is 189 Å². The lowest BCUT2D eigenvalue weighted by Gasteiger charge is -2.27. The van der Waals surface area contributed by atoms with E-state index >= 15 is 0 Å². The number of unbranched alkanes of at least 4 members (excludes halogenated alkanes) is 5. The van der Waals surface area contributed by atoms with E-state index in [2.05, 4.69) is 13.8 Å². The fraction of sp³-hybridized carbons (Fsp3) is 0.556. The zero-order valence-corrected chi connectivity index (χ0v) is 19.2. The summed E-state index contributed by atoms with van der Waals surface area (Å²) in [4.78, 5) is 0. The van der Waals surface area contributed by atoms with E-state index in [9.17, 15) is 17.6 Å². The predicted octanol–water partition coefficient (Wildman–Crippen LogP) is 8.94. The first kappa shape index (κ1) is 24.6. The number of rotatable bonds is 10. The molecule has 5 heteroatoms. The lowest BCUT2D eigenvalue weighted by Crippen LogP contribution is -2.13. The molecule has 0 radical (unpaired) electrons. The van der Waals surface area contributed by atoms with Crippen LogP contribution < -0.4 is 4.74 Å². The Bertz CT molecular complexity index is 888. The molecule has 32 heavy (non-hydrogen) atoms. The molecule has 0 aromatic heterocycles. The molecular formula is C27H34F4O. The molecule has 0 spiro atoms. The van der Waals surface area contributed by atoms with Crippen LogP contribution in [-0.2, 0) is 0 Å². The van der Waals surface area contributed by atoms with Gasteiger partial charge >= 0.3 is 0 Å². The average molecular weight is 451 g/mol. The predicted molar refractivity (Wildman–Crippen MR) is 121 cm³/mol. The van der Waals surface area contributed by atoms with E-state index in [0.29, 0.717) is 18.1 Å². The van der Waals surface area contributed by atoms with Gasteiger partial charge in [-0.15, -0.1) is 0 Å². The van der Waals surface area contributed by atoms with Crippen molar-refractivity contribution in [3.05, 3.63) is 53.1 Å². The molecule has 0 bridgehead atoms. The van der Waals surface area contributed by atoms with E-state index in [1.54, 1.807) is 0 Å². The van der Waals surface area contributed by atoms with Gasteiger partial charge in [-0.1, -0.05) is 70.9 Å². The van der Waals surface area contributed by atoms with Crippen LogP contribution in [0.3, 0.4) is 0 Å². The molecule has 1 nitrogen and oxygen atoms in total. The minimum absolute atomic E-state index is 0.0333. The van der Waals surface area contributed by atoms with Crippen LogP contribution in [0.5, 0.6) is 5.75 Å². The smallest absolute Gasteiger partial charge is 0.201 e. The standard InChI is InChI=1S/C27H34F4O/c1-3-4-5-6-7-8-17-32-23-16-15-22(26(30)27(23)31)21-14-13-20(24(28)25(21)29)19-11-9-18(2)10-12-19/h13-16,18-19H,3-12,17H2,1-2H3. The van der Waals surface area contributed by atoms with Gasteiger partial charge in [0.1, 0.15) is 0 Å². The summed E-state index contributed by atoms with van der Waals surface area (Å²) >= 11 is 0. The molecule has 0 aliphatic heterocycles. The maximum Gasteiger partial charge on any atom is 0.201 e. The Morgan fingerprint density at radius 3 is 2.00 bits per heavy atom. The minimum atomic E-state index is -1.22. The van der Waals surface area contributed by atoms with E-state index in [-0.39, 0.29) is 22.8 Å². The van der Waals surface area contributed by atoms with E-state index in [0.717, 1.165) is 51.4 Å². The minimum Gasteiger partial charge on any atom is -0.490 e. The van der Waals surface area contributed by atoms with Crippen LogP contribution in [-0.4, -0.2) is 6.61 Å². The second-order valence-corrected chi connectivity index (χ2v) is 9.14. The fourth-order valence-electron chi connectivity index (χ4n) is 4.57. The molecule has 1 fully saturated rings. The summed E-state index contributed by atoms with van der Waals surface area (Å²) in [7, 11) is 0. The largest absolute Gasteiger partial charge is 0.490 e. The lowest BCUT2D eigenvalue weighted by molar-refractivity contribution is 0.285. The molecule has 0 atom stereocenters. The molecule has 1 aliphatic rings. The van der Waals surface area contributed by atoms with Crippen LogP contribution >= 0.6 is 0 Å². The van der Waals surface area contributed by atoms with Gasteiger partial charge in [-0.25, -0.2) is 13.2 Å². The van der Waals surface area contributed by atoms with Crippen molar-refractivity contribution in [1.82, 2.24) is 0 Å². The monoisotopic (exact) mass is 450 g/mol. The lowest BCUT2D eigenvalue weighted by atomic mass is 9.79. The first-order valence-electron chi connectivity index (χ1n) is 12.0. The molecule has 0 amide bonds. The number of ether oxygens (including phenoxy) is 1. The van der Waals surface area contributed by atoms with Crippen molar-refractivity contribution in [2.75, 3.05) is 6.61 Å². The zero-order valence-electron chi connectivity index (χ0n) is 19.2. The maximum atomic E-state index is 14.9. The third kappa shape index (κ3) is 5.85. The van der Waals surface area contributed by atoms with Crippen molar-refractivity contribution >= 4 is 0 Å². The molecular weight excluding hydrogens is 416 g/mol. The number of hydrogen-bond donors (Lipinski definition) is 0. The first-order valence-corrected chi connectivity index (χ1v) is 12.0. The van der Waals surface area contributed by atoms with Gasteiger partial charge in [-0.3, -0.25) is 0 Å². The second kappa shape index (κ2) is 11.7. The molecule has 0 heterocycles. The Balaban J connectivity index is 1.70. The van der Waals surface area contributed by atoms with E-state index in [1.807, 2.05) is 0 Å². The van der Waals surface area contributed by atoms with Crippen molar-refractivity contribution in [2.45, 2.75) is 84.0 Å². The van der Waals surface area contributed by atoms with E-state index in [1.165, 1.54) is 37.1 Å². The average Bonchev–Trinajstić information content (AvgIpc) is 2.79. The van der Waals surface area contributed by atoms with Gasteiger partial charge in [0.2, 0.25) is 5.82 Å². The summed E-state index contributed by atoms with van der Waals surface area (Å²) in [6.45, 7) is 4.60. The van der Waals surface area contributed by atoms with Crippen LogP contribution in [0.2, 0.25) is 0 Å². The molecule has 3 rings (SSSR count). The SMILES string of the molecule is CCCCCCCCOc1ccc(-c2ccc(C3CCC(C)CC3)c(F)c2F)c(F)c1F. The van der Waals surface area contributed by atoms with Crippen LogP contribution in [0.15, 0.2) is 24.3 Å². The zero-order chi connectivity index (χ0) is 23.1. The molecule has 2 aromatic carbocycles. The highest BCUT2D eigenvalue weighted by atomic mass is 19.2. The van der Waals surface area contributed by atoms with Crippen LogP contribution in [0.25, 0.3) is 11.1 Å². The quantitative estimate of drug-likeness (QED) is 0.259. The van der Waals surface area contributed by atoms with Gasteiger partial charge in [0.25, 0.3) is 0 Å². The Morgan fingerprint density at radius 1 is 0.719 bits per heavy atom. The summed E-state index contributed by atoms with van der Waals surface area (Å²) in [6.07, 6.45) is 9.92. The fourth-order valence-corrected chi connectivity index (χ4v) is 4.57. The van der Waals surface area contributed by atoms with Crippen molar-refractivity contribution in [3.8, 4) is 16.9 Å². The first-order chi connectivity index (χ1) is 15.4. The van der Waals surface area contributed by atoms with Crippen molar-refractivity contribution < 1.29 is 22.3 Å². The molecule has 1 aliphatic carbocycles. The van der Waals surface area contributed by atoms with E-state index < -0.39 is 23.3 Å². The van der Waals surface area contributed by atoms with Crippen molar-refractivity contribution in [1.29, 1.82) is 0 Å². The van der Waals surface area contributed by atoms with Crippen LogP contribution in [0.1, 0.15) is 89.5 Å². The van der Waals surface area contributed by atoms with Gasteiger partial charge in [-0.2, -0.15) is 4.39 Å². The highest BCUT2D eigenvalue weighted by molar-refractivity contribution is 5.66. The Hall–Kier alpha value is -2.04. The van der Waals surface area contributed by atoms with Crippen LogP contribution in [0, 0.1) is 29.2 Å². The summed E-state index contributed by atoms with van der Waals surface area (Å²) in [6, 6.07) is 5.43. The summed E-state index contributed by atoms with van der Waals surface area (Å²) < 4.78 is 64.4. The second-order valence-electron chi connectivity index (χ2n) is 9.14. The molecule has 0 N–H and O–H groups in total. The molecule has 0 unspecified atom stereocenters. The topological polar surface area (TPSA) is 9.23 Å². The normalized spacial score (nSPS) is 18.7. The summed E-state index contributed by atoms with van der Waals surface area (Å²) in [5.41, 5.74) is -0.234. The molecule has 2 aromatic rings. The van der Waals surface area contributed by atoms with Crippen molar-refractivity contribution in [2.24, 2.45) is 5.92 Å². The van der Waals surface area contributed by atoms with Gasteiger partial charge < -0.3 is 4.74 Å². The van der Waals surface area contributed by atoms with Crippen LogP contribution in [0.4, 0.5) is 17.6 Å². The van der Waals surface area contributed by atoms with E-state index in [4.69, 9.17) is 4.74 Å². The number of hydrogen-bond acceptors (Lipinski definition) is 1. The highest BCUT2D eigenvalue weighted by Crippen LogP contribution is 2.39. The molecule has 0 saturated heterocycles. The third-order valence-corrected chi connectivity index (χ3v) is 6.66. The molecule has 1 saturated carbocycles. The number of benzene rings is 2. The highest BCUT2D eigenvalue weighted by Gasteiger charge is 2.26. The van der Waals surface area contributed by atoms with Gasteiger partial charge in [-0.05, 0) is 48.8 Å². The summed E-state index contributed by atoms with van der Waals surface area (Å²) in [5.74, 6) is -4.10. The third-order valence-electron chi connectivity index (χ3n) is 6.66. The Morgan fingerprint density at radius 2 is 1.31 bits per heavy atom. The molecule has 176 valence electrons. The van der Waals surface area contributed by atoms with Gasteiger partial charge in [0.05, 0.1) is 6.61 Å². The summed E-state index contributed by atoms with van der Waals surface area (Å²) in [5, 5.41) is 0. The Kier molecular flexibility index (Phi) is 9.01. The maximum absolute atomic E-state index is 14.9. The van der Waals surface area contributed by atoms with Gasteiger partial charge in [0.15, 0.2) is 23.2 Å².